The van der Waals surface area contributed by atoms with Crippen LogP contribution in [0.25, 0.3) is 0 Å². The third kappa shape index (κ3) is 2.51. The van der Waals surface area contributed by atoms with Crippen molar-refractivity contribution in [2.45, 2.75) is 38.6 Å². The van der Waals surface area contributed by atoms with E-state index in [9.17, 15) is 0 Å². The minimum atomic E-state index is 0.0793. The van der Waals surface area contributed by atoms with E-state index in [-0.39, 0.29) is 6.04 Å². The molecule has 1 unspecified atom stereocenters. The molecule has 1 fully saturated rings. The fourth-order valence-electron chi connectivity index (χ4n) is 1.29. The Morgan fingerprint density at radius 1 is 1.64 bits per heavy atom. The Kier molecular flexibility index (Phi) is 3.38. The maximum atomic E-state index is 8.62. The number of rotatable bonds is 4. The van der Waals surface area contributed by atoms with E-state index in [4.69, 9.17) is 5.26 Å². The van der Waals surface area contributed by atoms with Crippen molar-refractivity contribution in [3.63, 3.8) is 0 Å². The zero-order chi connectivity index (χ0) is 8.10. The Hall–Kier alpha value is -0.550. The molecular weight excluding hydrogens is 136 g/mol. The first-order valence-corrected chi connectivity index (χ1v) is 4.49. The van der Waals surface area contributed by atoms with Gasteiger partial charge in [-0.15, -0.1) is 0 Å². The van der Waals surface area contributed by atoms with Crippen molar-refractivity contribution in [1.82, 2.24) is 5.32 Å². The third-order valence-electron chi connectivity index (χ3n) is 2.44. The monoisotopic (exact) mass is 152 g/mol. The maximum Gasteiger partial charge on any atom is 0.0950 e. The molecule has 0 spiro atoms. The average molecular weight is 152 g/mol. The summed E-state index contributed by atoms with van der Waals surface area (Å²) in [5, 5.41) is 11.9. The molecule has 0 amide bonds. The van der Waals surface area contributed by atoms with Crippen molar-refractivity contribution >= 4 is 0 Å². The van der Waals surface area contributed by atoms with Crippen molar-refractivity contribution in [3.05, 3.63) is 0 Å². The SMILES string of the molecule is CCC(C#N)NCC1CCC1. The van der Waals surface area contributed by atoms with Crippen LogP contribution in [-0.4, -0.2) is 12.6 Å². The van der Waals surface area contributed by atoms with Gasteiger partial charge in [0, 0.05) is 0 Å². The van der Waals surface area contributed by atoms with Gasteiger partial charge < -0.3 is 5.32 Å². The number of nitrogens with one attached hydrogen (secondary N) is 1. The molecule has 1 N–H and O–H groups in total. The molecule has 1 aliphatic carbocycles. The average Bonchev–Trinajstić information content (AvgIpc) is 1.95. The van der Waals surface area contributed by atoms with Gasteiger partial charge in [-0.3, -0.25) is 0 Å². The summed E-state index contributed by atoms with van der Waals surface area (Å²) in [6.07, 6.45) is 5.02. The van der Waals surface area contributed by atoms with Gasteiger partial charge in [-0.1, -0.05) is 13.3 Å². The van der Waals surface area contributed by atoms with E-state index in [1.54, 1.807) is 0 Å². The van der Waals surface area contributed by atoms with Gasteiger partial charge in [0.2, 0.25) is 0 Å². The Balaban J connectivity index is 2.05. The fraction of sp³-hybridized carbons (Fsp3) is 0.889. The Morgan fingerprint density at radius 3 is 2.73 bits per heavy atom. The van der Waals surface area contributed by atoms with Crippen LogP contribution in [0.1, 0.15) is 32.6 Å². The molecule has 1 atom stereocenters. The van der Waals surface area contributed by atoms with Gasteiger partial charge >= 0.3 is 0 Å². The zero-order valence-electron chi connectivity index (χ0n) is 7.14. The van der Waals surface area contributed by atoms with E-state index in [1.165, 1.54) is 19.3 Å². The fourth-order valence-corrected chi connectivity index (χ4v) is 1.29. The second kappa shape index (κ2) is 4.35. The predicted molar refractivity (Wildman–Crippen MR) is 45.0 cm³/mol. The molecule has 2 heteroatoms. The van der Waals surface area contributed by atoms with Crippen molar-refractivity contribution in [1.29, 1.82) is 5.26 Å². The minimum absolute atomic E-state index is 0.0793. The van der Waals surface area contributed by atoms with Crippen LogP contribution in [0.15, 0.2) is 0 Å². The van der Waals surface area contributed by atoms with E-state index in [0.29, 0.717) is 0 Å². The summed E-state index contributed by atoms with van der Waals surface area (Å²) in [7, 11) is 0. The van der Waals surface area contributed by atoms with E-state index in [0.717, 1.165) is 18.9 Å². The molecule has 11 heavy (non-hydrogen) atoms. The van der Waals surface area contributed by atoms with Crippen LogP contribution in [0, 0.1) is 17.2 Å². The lowest BCUT2D eigenvalue weighted by Crippen LogP contribution is -2.34. The number of nitrogens with zero attached hydrogens (tertiary/aromatic N) is 1. The number of hydrogen-bond donors (Lipinski definition) is 1. The zero-order valence-corrected chi connectivity index (χ0v) is 7.14. The van der Waals surface area contributed by atoms with Crippen molar-refractivity contribution in [2.24, 2.45) is 5.92 Å². The first-order valence-electron chi connectivity index (χ1n) is 4.49. The van der Waals surface area contributed by atoms with Crippen LogP contribution in [0.4, 0.5) is 0 Å². The molecule has 1 rings (SSSR count). The van der Waals surface area contributed by atoms with Crippen LogP contribution in [0.5, 0.6) is 0 Å². The van der Waals surface area contributed by atoms with Crippen molar-refractivity contribution in [3.8, 4) is 6.07 Å². The molecule has 0 aromatic heterocycles. The molecule has 62 valence electrons. The molecule has 1 saturated carbocycles. The topological polar surface area (TPSA) is 35.8 Å². The van der Waals surface area contributed by atoms with Crippen LogP contribution < -0.4 is 5.32 Å². The minimum Gasteiger partial charge on any atom is -0.302 e. The lowest BCUT2D eigenvalue weighted by atomic mass is 9.85. The predicted octanol–water partition coefficient (Wildman–Crippen LogP) is 1.68. The highest BCUT2D eigenvalue weighted by molar-refractivity contribution is 4.89. The van der Waals surface area contributed by atoms with E-state index in [1.807, 2.05) is 6.92 Å². The Labute approximate surface area is 68.6 Å². The van der Waals surface area contributed by atoms with Gasteiger partial charge in [0.25, 0.3) is 0 Å². The van der Waals surface area contributed by atoms with E-state index < -0.39 is 0 Å². The van der Waals surface area contributed by atoms with Crippen molar-refractivity contribution < 1.29 is 0 Å². The summed E-state index contributed by atoms with van der Waals surface area (Å²) in [4.78, 5) is 0. The Bertz CT molecular complexity index is 144. The molecule has 0 heterocycles. The van der Waals surface area contributed by atoms with Gasteiger partial charge in [0.15, 0.2) is 0 Å². The second-order valence-corrected chi connectivity index (χ2v) is 3.30. The molecular formula is C9H16N2. The van der Waals surface area contributed by atoms with Gasteiger partial charge in [-0.25, -0.2) is 0 Å². The standard InChI is InChI=1S/C9H16N2/c1-2-9(6-10)11-7-8-4-3-5-8/h8-9,11H,2-5,7H2,1H3. The summed E-state index contributed by atoms with van der Waals surface area (Å²) in [5.41, 5.74) is 0. The van der Waals surface area contributed by atoms with Gasteiger partial charge in [0.05, 0.1) is 12.1 Å². The van der Waals surface area contributed by atoms with Gasteiger partial charge in [-0.05, 0) is 31.7 Å². The summed E-state index contributed by atoms with van der Waals surface area (Å²) in [6, 6.07) is 2.32. The largest absolute Gasteiger partial charge is 0.302 e. The van der Waals surface area contributed by atoms with Crippen LogP contribution in [-0.2, 0) is 0 Å². The normalized spacial score (nSPS) is 20.4. The molecule has 0 saturated heterocycles. The molecule has 0 bridgehead atoms. The van der Waals surface area contributed by atoms with E-state index in [2.05, 4.69) is 11.4 Å². The highest BCUT2D eigenvalue weighted by Crippen LogP contribution is 2.25. The number of nitriles is 1. The van der Waals surface area contributed by atoms with Gasteiger partial charge in [0.1, 0.15) is 0 Å². The molecule has 0 aromatic carbocycles. The lowest BCUT2D eigenvalue weighted by Gasteiger charge is -2.26. The summed E-state index contributed by atoms with van der Waals surface area (Å²) < 4.78 is 0. The highest BCUT2D eigenvalue weighted by Gasteiger charge is 2.17. The van der Waals surface area contributed by atoms with Crippen molar-refractivity contribution in [2.75, 3.05) is 6.54 Å². The van der Waals surface area contributed by atoms with Crippen LogP contribution in [0.2, 0.25) is 0 Å². The quantitative estimate of drug-likeness (QED) is 0.665. The van der Waals surface area contributed by atoms with E-state index >= 15 is 0 Å². The smallest absolute Gasteiger partial charge is 0.0950 e. The highest BCUT2D eigenvalue weighted by atomic mass is 14.9. The lowest BCUT2D eigenvalue weighted by molar-refractivity contribution is 0.295. The summed E-state index contributed by atoms with van der Waals surface area (Å²) >= 11 is 0. The van der Waals surface area contributed by atoms with Gasteiger partial charge in [-0.2, -0.15) is 5.26 Å². The Morgan fingerprint density at radius 2 is 2.36 bits per heavy atom. The first kappa shape index (κ1) is 8.55. The number of hydrogen-bond acceptors (Lipinski definition) is 2. The maximum absolute atomic E-state index is 8.62. The summed E-state index contributed by atoms with van der Waals surface area (Å²) in [5.74, 6) is 0.859. The molecule has 1 aliphatic rings. The first-order chi connectivity index (χ1) is 5.36. The summed E-state index contributed by atoms with van der Waals surface area (Å²) in [6.45, 7) is 3.09. The second-order valence-electron chi connectivity index (χ2n) is 3.30. The third-order valence-corrected chi connectivity index (χ3v) is 2.44. The molecule has 0 radical (unpaired) electrons. The van der Waals surface area contributed by atoms with Crippen LogP contribution in [0.3, 0.4) is 0 Å². The van der Waals surface area contributed by atoms with Crippen LogP contribution >= 0.6 is 0 Å². The molecule has 0 aliphatic heterocycles. The molecule has 2 nitrogen and oxygen atoms in total. The molecule has 0 aromatic rings.